The molecule has 0 aromatic carbocycles. The van der Waals surface area contributed by atoms with Crippen LogP contribution < -0.4 is 5.59 Å². The second-order valence-corrected chi connectivity index (χ2v) is 7.05. The Balaban J connectivity index is 1.92. The zero-order chi connectivity index (χ0) is 14.5. The molecule has 1 saturated heterocycles. The Kier molecular flexibility index (Phi) is 3.08. The number of hydrogen-bond acceptors (Lipinski definition) is 4. The van der Waals surface area contributed by atoms with Crippen LogP contribution in [0.5, 0.6) is 0 Å². The maximum absolute atomic E-state index is 6.04. The summed E-state index contributed by atoms with van der Waals surface area (Å²) in [4.78, 5) is 4.60. The zero-order valence-corrected chi connectivity index (χ0v) is 13.3. The maximum Gasteiger partial charge on any atom is 0.516 e. The molecular weight excluding hydrogens is 271 g/mol. The average Bonchev–Trinajstić information content (AvgIpc) is 2.98. The lowest BCUT2D eigenvalue weighted by molar-refractivity contribution is 0.00578. The Morgan fingerprint density at radius 1 is 1.20 bits per heavy atom. The van der Waals surface area contributed by atoms with Gasteiger partial charge in [0.05, 0.1) is 16.8 Å². The van der Waals surface area contributed by atoms with Crippen molar-refractivity contribution in [2.24, 2.45) is 0 Å². The first-order valence-corrected chi connectivity index (χ1v) is 7.63. The summed E-state index contributed by atoms with van der Waals surface area (Å²) >= 11 is 1.69. The summed E-state index contributed by atoms with van der Waals surface area (Å²) in [7, 11) is -0.403. The smallest absolute Gasteiger partial charge is 0.398 e. The molecule has 0 atom stereocenters. The first kappa shape index (κ1) is 13.9. The summed E-state index contributed by atoms with van der Waals surface area (Å²) < 4.78 is 14.2. The normalized spacial score (nSPS) is 20.6. The Hall–Kier alpha value is -1.11. The van der Waals surface area contributed by atoms with Crippen LogP contribution in [0.1, 0.15) is 33.5 Å². The van der Waals surface area contributed by atoms with E-state index in [1.807, 2.05) is 19.2 Å². The van der Waals surface area contributed by atoms with Gasteiger partial charge in [0, 0.05) is 6.20 Å². The van der Waals surface area contributed by atoms with E-state index in [1.165, 1.54) is 0 Å². The highest BCUT2D eigenvalue weighted by atomic mass is 32.1. The number of hydrogen-bond donors (Lipinski definition) is 0. The quantitative estimate of drug-likeness (QED) is 0.797. The van der Waals surface area contributed by atoms with Crippen LogP contribution >= 0.6 is 11.3 Å². The lowest BCUT2D eigenvalue weighted by Gasteiger charge is -2.32. The number of aryl methyl sites for hydroxylation is 1. The molecule has 20 heavy (non-hydrogen) atoms. The van der Waals surface area contributed by atoms with Crippen LogP contribution in [0.3, 0.4) is 0 Å². The van der Waals surface area contributed by atoms with E-state index in [-0.39, 0.29) is 11.2 Å². The molecule has 2 aromatic heterocycles. The van der Waals surface area contributed by atoms with Gasteiger partial charge in [-0.15, -0.1) is 11.3 Å². The van der Waals surface area contributed by atoms with Crippen molar-refractivity contribution in [1.82, 2.24) is 9.55 Å². The van der Waals surface area contributed by atoms with Crippen molar-refractivity contribution in [3.8, 4) is 5.00 Å². The highest BCUT2D eigenvalue weighted by Crippen LogP contribution is 2.36. The van der Waals surface area contributed by atoms with E-state index < -0.39 is 7.12 Å². The molecule has 0 unspecified atom stereocenters. The van der Waals surface area contributed by atoms with Crippen LogP contribution in [0.25, 0.3) is 5.00 Å². The van der Waals surface area contributed by atoms with E-state index in [9.17, 15) is 0 Å². The zero-order valence-electron chi connectivity index (χ0n) is 12.5. The fourth-order valence-electron chi connectivity index (χ4n) is 2.20. The van der Waals surface area contributed by atoms with Crippen LogP contribution in [0, 0.1) is 6.92 Å². The van der Waals surface area contributed by atoms with Crippen molar-refractivity contribution in [2.75, 3.05) is 0 Å². The minimum atomic E-state index is -0.403. The molecule has 6 heteroatoms. The van der Waals surface area contributed by atoms with Gasteiger partial charge < -0.3 is 9.31 Å². The van der Waals surface area contributed by atoms with Crippen LogP contribution in [0.15, 0.2) is 23.7 Å². The SMILES string of the molecule is Cc1nc(B2OC(C)(C)C(C)(C)O2)cn1-c1cccs1. The Morgan fingerprint density at radius 3 is 2.40 bits per heavy atom. The van der Waals surface area contributed by atoms with Crippen LogP contribution in [0.2, 0.25) is 0 Å². The van der Waals surface area contributed by atoms with Gasteiger partial charge in [-0.2, -0.15) is 0 Å². The molecule has 0 bridgehead atoms. The Morgan fingerprint density at radius 2 is 1.85 bits per heavy atom. The van der Waals surface area contributed by atoms with E-state index in [0.717, 1.165) is 16.4 Å². The molecule has 0 radical (unpaired) electrons. The molecule has 0 amide bonds. The maximum atomic E-state index is 6.04. The van der Waals surface area contributed by atoms with Gasteiger partial charge in [-0.3, -0.25) is 4.57 Å². The van der Waals surface area contributed by atoms with Gasteiger partial charge >= 0.3 is 7.12 Å². The molecule has 0 N–H and O–H groups in total. The van der Waals surface area contributed by atoms with Gasteiger partial charge in [-0.25, -0.2) is 4.98 Å². The van der Waals surface area contributed by atoms with E-state index in [2.05, 4.69) is 48.7 Å². The second kappa shape index (κ2) is 4.45. The molecule has 0 spiro atoms. The molecule has 1 aliphatic heterocycles. The number of imidazole rings is 1. The van der Waals surface area contributed by atoms with Crippen molar-refractivity contribution in [3.05, 3.63) is 29.5 Å². The number of thiophene rings is 1. The summed E-state index contributed by atoms with van der Waals surface area (Å²) in [6.45, 7) is 10.2. The number of rotatable bonds is 2. The van der Waals surface area contributed by atoms with Crippen LogP contribution in [0.4, 0.5) is 0 Å². The summed E-state index contributed by atoms with van der Waals surface area (Å²) in [6.07, 6.45) is 2.00. The molecule has 1 fully saturated rings. The van der Waals surface area contributed by atoms with Crippen molar-refractivity contribution in [2.45, 2.75) is 45.8 Å². The summed E-state index contributed by atoms with van der Waals surface area (Å²) in [5.41, 5.74) is 0.158. The van der Waals surface area contributed by atoms with Gasteiger partial charge in [-0.1, -0.05) is 0 Å². The predicted molar refractivity (Wildman–Crippen MR) is 81.9 cm³/mol. The number of nitrogens with zero attached hydrogens (tertiary/aromatic N) is 2. The molecule has 2 aromatic rings. The predicted octanol–water partition coefficient (Wildman–Crippen LogP) is 2.54. The van der Waals surface area contributed by atoms with E-state index in [0.29, 0.717) is 0 Å². The second-order valence-electron chi connectivity index (χ2n) is 6.12. The third-order valence-electron chi connectivity index (χ3n) is 4.14. The molecular formula is C14H19BN2O2S. The highest BCUT2D eigenvalue weighted by molar-refractivity contribution is 7.12. The van der Waals surface area contributed by atoms with E-state index >= 15 is 0 Å². The van der Waals surface area contributed by atoms with Crippen molar-refractivity contribution >= 4 is 24.0 Å². The molecule has 3 rings (SSSR count). The molecule has 3 heterocycles. The number of aromatic nitrogens is 2. The minimum absolute atomic E-state index is 0.335. The van der Waals surface area contributed by atoms with Gasteiger partial charge in [0.1, 0.15) is 10.8 Å². The van der Waals surface area contributed by atoms with Crippen LogP contribution in [-0.2, 0) is 9.31 Å². The van der Waals surface area contributed by atoms with Gasteiger partial charge in [0.15, 0.2) is 0 Å². The van der Waals surface area contributed by atoms with Gasteiger partial charge in [-0.05, 0) is 52.1 Å². The molecule has 0 saturated carbocycles. The van der Waals surface area contributed by atoms with Crippen LogP contribution in [-0.4, -0.2) is 27.9 Å². The summed E-state index contributed by atoms with van der Waals surface area (Å²) in [6, 6.07) is 4.11. The average molecular weight is 290 g/mol. The first-order chi connectivity index (χ1) is 9.30. The fourth-order valence-corrected chi connectivity index (χ4v) is 2.95. The third kappa shape index (κ3) is 2.12. The lowest BCUT2D eigenvalue weighted by atomic mass is 9.86. The topological polar surface area (TPSA) is 36.3 Å². The molecule has 0 aliphatic carbocycles. The molecule has 1 aliphatic rings. The largest absolute Gasteiger partial charge is 0.516 e. The van der Waals surface area contributed by atoms with E-state index in [1.54, 1.807) is 11.3 Å². The van der Waals surface area contributed by atoms with Gasteiger partial charge in [0.2, 0.25) is 0 Å². The summed E-state index contributed by atoms with van der Waals surface area (Å²) in [5, 5.41) is 3.21. The lowest BCUT2D eigenvalue weighted by Crippen LogP contribution is -2.41. The van der Waals surface area contributed by atoms with Crippen molar-refractivity contribution in [3.63, 3.8) is 0 Å². The molecule has 106 valence electrons. The minimum Gasteiger partial charge on any atom is -0.398 e. The third-order valence-corrected chi connectivity index (χ3v) is 5.01. The fraction of sp³-hybridized carbons (Fsp3) is 0.500. The monoisotopic (exact) mass is 290 g/mol. The standard InChI is InChI=1S/C14H19BN2O2S/c1-10-16-11(9-17(10)12-7-6-8-20-12)15-18-13(2,3)14(4,5)19-15/h6-9H,1-5H3. The first-order valence-electron chi connectivity index (χ1n) is 6.75. The van der Waals surface area contributed by atoms with Gasteiger partial charge in [0.25, 0.3) is 0 Å². The van der Waals surface area contributed by atoms with Crippen molar-refractivity contribution in [1.29, 1.82) is 0 Å². The Labute approximate surface area is 123 Å². The van der Waals surface area contributed by atoms with E-state index in [4.69, 9.17) is 9.31 Å². The Bertz CT molecular complexity index is 603. The highest BCUT2D eigenvalue weighted by Gasteiger charge is 2.52. The van der Waals surface area contributed by atoms with Crippen molar-refractivity contribution < 1.29 is 9.31 Å². The summed E-state index contributed by atoms with van der Waals surface area (Å²) in [5.74, 6) is 0.942. The molecule has 4 nitrogen and oxygen atoms in total.